The largest absolute Gasteiger partial charge is 0.487 e. The number of ether oxygens (including phenoxy) is 1. The fraction of sp³-hybridized carbons (Fsp3) is 0.150. The molecule has 1 fully saturated rings. The van der Waals surface area contributed by atoms with Crippen LogP contribution in [0.3, 0.4) is 0 Å². The van der Waals surface area contributed by atoms with Gasteiger partial charge in [-0.15, -0.1) is 0 Å². The third kappa shape index (κ3) is 4.30. The molecule has 1 N–H and O–H groups in total. The van der Waals surface area contributed by atoms with Crippen molar-refractivity contribution in [1.29, 1.82) is 5.26 Å². The van der Waals surface area contributed by atoms with E-state index in [9.17, 15) is 14.9 Å². The van der Waals surface area contributed by atoms with Crippen molar-refractivity contribution in [3.05, 3.63) is 65.9 Å². The van der Waals surface area contributed by atoms with E-state index in [2.05, 4.69) is 56.6 Å². The number of benzene rings is 2. The van der Waals surface area contributed by atoms with Crippen molar-refractivity contribution in [3.63, 3.8) is 0 Å². The van der Waals surface area contributed by atoms with Gasteiger partial charge in [0.1, 0.15) is 18.1 Å². The van der Waals surface area contributed by atoms with Crippen molar-refractivity contribution >= 4 is 63.2 Å². The molecule has 1 aliphatic heterocycles. The van der Waals surface area contributed by atoms with Crippen LogP contribution in [0.1, 0.15) is 23.6 Å². The first kappa shape index (κ1) is 20.6. The minimum absolute atomic E-state index is 0.215. The molecule has 0 bridgehead atoms. The lowest BCUT2D eigenvalue weighted by atomic mass is 10.1. The maximum atomic E-state index is 12.4. The summed E-state index contributed by atoms with van der Waals surface area (Å²) in [6.07, 6.45) is 1.63. The van der Waals surface area contributed by atoms with Crippen LogP contribution in [0.15, 0.2) is 42.1 Å². The molecule has 0 saturated carbocycles. The van der Waals surface area contributed by atoms with Crippen LogP contribution in [0.5, 0.6) is 5.75 Å². The molecule has 2 aromatic rings. The lowest BCUT2D eigenvalue weighted by Gasteiger charge is -2.13. The molecule has 0 atom stereocenters. The maximum Gasteiger partial charge on any atom is 0.328 e. The van der Waals surface area contributed by atoms with E-state index in [4.69, 9.17) is 4.74 Å². The number of amides is 3. The Hall–Kier alpha value is -2.13. The highest BCUT2D eigenvalue weighted by Crippen LogP contribution is 2.31. The summed E-state index contributed by atoms with van der Waals surface area (Å²) in [5.74, 6) is 0.236. The Labute approximate surface area is 189 Å². The molecule has 0 radical (unpaired) electrons. The van der Waals surface area contributed by atoms with Gasteiger partial charge in [0.15, 0.2) is 0 Å². The van der Waals surface area contributed by atoms with E-state index >= 15 is 0 Å². The number of urea groups is 1. The Balaban J connectivity index is 1.95. The molecule has 3 rings (SSSR count). The molecule has 8 heteroatoms. The number of hydrogen-bond donors (Lipinski definition) is 1. The zero-order valence-corrected chi connectivity index (χ0v) is 19.1. The molecule has 6 nitrogen and oxygen atoms in total. The number of carbonyl (C=O) groups excluding carboxylic acids is 2. The van der Waals surface area contributed by atoms with Crippen molar-refractivity contribution < 1.29 is 14.3 Å². The molecule has 142 valence electrons. The highest BCUT2D eigenvalue weighted by atomic mass is 127. The summed E-state index contributed by atoms with van der Waals surface area (Å²) in [5, 5.41) is 11.9. The van der Waals surface area contributed by atoms with Gasteiger partial charge in [-0.1, -0.05) is 18.2 Å². The molecular formula is C20H15I2N3O3. The molecule has 1 saturated heterocycles. The lowest BCUT2D eigenvalue weighted by Crippen LogP contribution is -2.30. The van der Waals surface area contributed by atoms with Crippen molar-refractivity contribution in [2.24, 2.45) is 0 Å². The van der Waals surface area contributed by atoms with Crippen molar-refractivity contribution in [2.75, 3.05) is 6.54 Å². The second kappa shape index (κ2) is 8.91. The van der Waals surface area contributed by atoms with Crippen LogP contribution < -0.4 is 10.1 Å². The summed E-state index contributed by atoms with van der Waals surface area (Å²) >= 11 is 4.36. The predicted molar refractivity (Wildman–Crippen MR) is 121 cm³/mol. The van der Waals surface area contributed by atoms with E-state index in [-0.39, 0.29) is 18.2 Å². The molecule has 0 unspecified atom stereocenters. The van der Waals surface area contributed by atoms with Gasteiger partial charge in [0.2, 0.25) is 0 Å². The molecular weight excluding hydrogens is 584 g/mol. The highest BCUT2D eigenvalue weighted by molar-refractivity contribution is 14.1. The van der Waals surface area contributed by atoms with Crippen LogP contribution >= 0.6 is 45.2 Å². The van der Waals surface area contributed by atoms with Gasteiger partial charge in [0.05, 0.1) is 15.2 Å². The number of imide groups is 1. The highest BCUT2D eigenvalue weighted by Gasteiger charge is 2.32. The van der Waals surface area contributed by atoms with E-state index in [1.807, 2.05) is 24.3 Å². The summed E-state index contributed by atoms with van der Waals surface area (Å²) in [7, 11) is 0. The van der Waals surface area contributed by atoms with Crippen LogP contribution in [0, 0.1) is 18.5 Å². The number of nitriles is 1. The number of nitrogens with zero attached hydrogens (tertiary/aromatic N) is 2. The lowest BCUT2D eigenvalue weighted by molar-refractivity contribution is -0.122. The third-order valence-electron chi connectivity index (χ3n) is 4.13. The number of rotatable bonds is 5. The van der Waals surface area contributed by atoms with Gasteiger partial charge in [-0.05, 0) is 76.4 Å². The summed E-state index contributed by atoms with van der Waals surface area (Å²) in [4.78, 5) is 25.4. The van der Waals surface area contributed by atoms with Crippen molar-refractivity contribution in [3.8, 4) is 11.8 Å². The first-order valence-corrected chi connectivity index (χ1v) is 10.5. The Morgan fingerprint density at radius 2 is 2.00 bits per heavy atom. The zero-order chi connectivity index (χ0) is 20.3. The number of likely N-dealkylation sites (N-methyl/N-ethyl adjacent to an activating group) is 1. The third-order valence-corrected chi connectivity index (χ3v) is 5.55. The molecule has 28 heavy (non-hydrogen) atoms. The average molecular weight is 599 g/mol. The summed E-state index contributed by atoms with van der Waals surface area (Å²) in [6.45, 7) is 2.27. The quantitative estimate of drug-likeness (QED) is 0.317. The fourth-order valence-corrected chi connectivity index (χ4v) is 4.80. The summed E-state index contributed by atoms with van der Waals surface area (Å²) in [6, 6.07) is 12.8. The second-order valence-electron chi connectivity index (χ2n) is 5.90. The van der Waals surface area contributed by atoms with Gasteiger partial charge in [0, 0.05) is 21.2 Å². The number of nitrogens with one attached hydrogen (secondary N) is 1. The minimum atomic E-state index is -0.426. The molecule has 3 amide bonds. The van der Waals surface area contributed by atoms with Crippen molar-refractivity contribution in [1.82, 2.24) is 10.2 Å². The molecule has 2 aromatic carbocycles. The van der Waals surface area contributed by atoms with Gasteiger partial charge >= 0.3 is 6.03 Å². The molecule has 1 aliphatic rings. The molecule has 0 aromatic heterocycles. The molecule has 1 heterocycles. The standard InChI is InChI=1S/C20H15I2N3O3/c1-2-25-19(26)17(24-20(25)27)8-14-7-15(21)9-16(22)18(14)28-11-13-6-4-3-5-12(13)10-23/h3-9H,2,11H2,1H3,(H,24,27)/b17-8+. The summed E-state index contributed by atoms with van der Waals surface area (Å²) in [5.41, 5.74) is 2.24. The second-order valence-corrected chi connectivity index (χ2v) is 8.31. The van der Waals surface area contributed by atoms with E-state index in [0.29, 0.717) is 23.4 Å². The Morgan fingerprint density at radius 3 is 2.68 bits per heavy atom. The van der Waals surface area contributed by atoms with E-state index < -0.39 is 6.03 Å². The normalized spacial score (nSPS) is 14.9. The van der Waals surface area contributed by atoms with Crippen LogP contribution in [-0.4, -0.2) is 23.4 Å². The topological polar surface area (TPSA) is 82.4 Å². The summed E-state index contributed by atoms with van der Waals surface area (Å²) < 4.78 is 7.88. The van der Waals surface area contributed by atoms with E-state index in [0.717, 1.165) is 17.6 Å². The minimum Gasteiger partial charge on any atom is -0.487 e. The number of hydrogen-bond acceptors (Lipinski definition) is 4. The van der Waals surface area contributed by atoms with Crippen molar-refractivity contribution in [2.45, 2.75) is 13.5 Å². The average Bonchev–Trinajstić information content (AvgIpc) is 2.93. The Bertz CT molecular complexity index is 1030. The first-order valence-electron chi connectivity index (χ1n) is 8.39. The monoisotopic (exact) mass is 599 g/mol. The van der Waals surface area contributed by atoms with Crippen LogP contribution in [0.2, 0.25) is 0 Å². The fourth-order valence-electron chi connectivity index (χ4n) is 2.76. The van der Waals surface area contributed by atoms with Crippen LogP contribution in [0.4, 0.5) is 4.79 Å². The van der Waals surface area contributed by atoms with E-state index in [1.165, 1.54) is 0 Å². The van der Waals surface area contributed by atoms with E-state index in [1.54, 1.807) is 25.1 Å². The van der Waals surface area contributed by atoms with Gasteiger partial charge in [0.25, 0.3) is 5.91 Å². The Kier molecular flexibility index (Phi) is 6.56. The number of carbonyl (C=O) groups is 2. The van der Waals surface area contributed by atoms with Gasteiger partial charge in [-0.25, -0.2) is 4.79 Å². The smallest absolute Gasteiger partial charge is 0.328 e. The van der Waals surface area contributed by atoms with Gasteiger partial charge in [-0.3, -0.25) is 9.69 Å². The van der Waals surface area contributed by atoms with Crippen LogP contribution in [-0.2, 0) is 11.4 Å². The van der Waals surface area contributed by atoms with Gasteiger partial charge in [-0.2, -0.15) is 5.26 Å². The number of halogens is 2. The zero-order valence-electron chi connectivity index (χ0n) is 14.8. The predicted octanol–water partition coefficient (Wildman–Crippen LogP) is 4.26. The Morgan fingerprint density at radius 1 is 1.25 bits per heavy atom. The molecule has 0 spiro atoms. The SMILES string of the molecule is CCN1C(=O)N/C(=C/c2cc(I)cc(I)c2OCc2ccccc2C#N)C1=O. The molecule has 0 aliphatic carbocycles. The maximum absolute atomic E-state index is 12.4. The first-order chi connectivity index (χ1) is 13.4. The van der Waals surface area contributed by atoms with Crippen LogP contribution in [0.25, 0.3) is 6.08 Å². The van der Waals surface area contributed by atoms with Gasteiger partial charge < -0.3 is 10.1 Å².